The highest BCUT2D eigenvalue weighted by atomic mass is 19.1. The molecule has 18 heavy (non-hydrogen) atoms. The van der Waals surface area contributed by atoms with Crippen LogP contribution in [0, 0.1) is 12.7 Å². The molecule has 4 nitrogen and oxygen atoms in total. The lowest BCUT2D eigenvalue weighted by molar-refractivity contribution is -0.129. The van der Waals surface area contributed by atoms with Crippen molar-refractivity contribution in [3.63, 3.8) is 0 Å². The third-order valence-electron chi connectivity index (χ3n) is 3.67. The fourth-order valence-corrected chi connectivity index (χ4v) is 2.72. The number of benzene rings is 1. The van der Waals surface area contributed by atoms with Crippen LogP contribution in [0.1, 0.15) is 18.4 Å². The van der Waals surface area contributed by atoms with Crippen molar-refractivity contribution in [3.05, 3.63) is 29.6 Å². The van der Waals surface area contributed by atoms with Crippen molar-refractivity contribution in [1.82, 2.24) is 4.90 Å². The van der Waals surface area contributed by atoms with Gasteiger partial charge < -0.3 is 4.90 Å². The predicted molar refractivity (Wildman–Crippen MR) is 63.4 cm³/mol. The monoisotopic (exact) mass is 248 g/mol. The lowest BCUT2D eigenvalue weighted by atomic mass is 10.1. The van der Waals surface area contributed by atoms with Gasteiger partial charge in [0.2, 0.25) is 11.8 Å². The standard InChI is InChI=1S/C13H13FN2O2/c1-8-9(14)3-2-4-10(8)16-11-5-6-12(17)15(11)7-13(16)18/h2-4,11H,5-7H2,1H3. The average Bonchev–Trinajstić information content (AvgIpc) is 2.83. The Bertz CT molecular complexity index is 544. The van der Waals surface area contributed by atoms with Crippen molar-refractivity contribution in [3.8, 4) is 0 Å². The van der Waals surface area contributed by atoms with Crippen molar-refractivity contribution in [2.24, 2.45) is 0 Å². The van der Waals surface area contributed by atoms with Crippen LogP contribution < -0.4 is 4.90 Å². The van der Waals surface area contributed by atoms with Gasteiger partial charge in [0.15, 0.2) is 0 Å². The van der Waals surface area contributed by atoms with Crippen LogP contribution in [0.15, 0.2) is 18.2 Å². The molecule has 0 bridgehead atoms. The topological polar surface area (TPSA) is 40.6 Å². The molecule has 2 saturated heterocycles. The number of amides is 2. The molecule has 0 radical (unpaired) electrons. The fraction of sp³-hybridized carbons (Fsp3) is 0.385. The van der Waals surface area contributed by atoms with Gasteiger partial charge in [-0.2, -0.15) is 0 Å². The molecular weight excluding hydrogens is 235 g/mol. The summed E-state index contributed by atoms with van der Waals surface area (Å²) in [5.41, 5.74) is 1.02. The Balaban J connectivity index is 2.04. The van der Waals surface area contributed by atoms with Crippen molar-refractivity contribution in [1.29, 1.82) is 0 Å². The highest BCUT2D eigenvalue weighted by molar-refractivity contribution is 6.02. The van der Waals surface area contributed by atoms with Crippen LogP contribution in [0.2, 0.25) is 0 Å². The Morgan fingerprint density at radius 2 is 2.06 bits per heavy atom. The number of carbonyl (C=O) groups is 2. The molecule has 0 spiro atoms. The number of rotatable bonds is 1. The molecule has 2 aliphatic heterocycles. The first-order valence-electron chi connectivity index (χ1n) is 5.96. The SMILES string of the molecule is Cc1c(F)cccc1N1C(=O)CN2C(=O)CCC21. The molecule has 1 atom stereocenters. The van der Waals surface area contributed by atoms with Crippen LogP contribution >= 0.6 is 0 Å². The zero-order valence-corrected chi connectivity index (χ0v) is 10.0. The molecule has 1 unspecified atom stereocenters. The van der Waals surface area contributed by atoms with Gasteiger partial charge in [0.1, 0.15) is 18.5 Å². The molecule has 2 amide bonds. The van der Waals surface area contributed by atoms with Gasteiger partial charge in [0.25, 0.3) is 0 Å². The molecule has 2 heterocycles. The van der Waals surface area contributed by atoms with Crippen LogP contribution in [0.4, 0.5) is 10.1 Å². The largest absolute Gasteiger partial charge is 0.312 e. The minimum absolute atomic E-state index is 0.00454. The summed E-state index contributed by atoms with van der Waals surface area (Å²) in [6.07, 6.45) is 0.856. The molecule has 2 aliphatic rings. The van der Waals surface area contributed by atoms with E-state index in [1.807, 2.05) is 0 Å². The zero-order valence-electron chi connectivity index (χ0n) is 10.0. The molecule has 5 heteroatoms. The summed E-state index contributed by atoms with van der Waals surface area (Å²) < 4.78 is 13.6. The quantitative estimate of drug-likeness (QED) is 0.754. The number of nitrogens with zero attached hydrogens (tertiary/aromatic N) is 2. The van der Waals surface area contributed by atoms with Crippen LogP contribution in [0.3, 0.4) is 0 Å². The fourth-order valence-electron chi connectivity index (χ4n) is 2.72. The molecule has 0 aliphatic carbocycles. The highest BCUT2D eigenvalue weighted by Crippen LogP contribution is 2.34. The zero-order chi connectivity index (χ0) is 12.9. The maximum absolute atomic E-state index is 13.6. The van der Waals surface area contributed by atoms with Gasteiger partial charge in [-0.1, -0.05) is 6.07 Å². The molecule has 2 fully saturated rings. The summed E-state index contributed by atoms with van der Waals surface area (Å²) >= 11 is 0. The van der Waals surface area contributed by atoms with E-state index >= 15 is 0 Å². The number of hydrogen-bond acceptors (Lipinski definition) is 2. The summed E-state index contributed by atoms with van der Waals surface area (Å²) in [5, 5.41) is 0. The van der Waals surface area contributed by atoms with Crippen molar-refractivity contribution < 1.29 is 14.0 Å². The van der Waals surface area contributed by atoms with E-state index in [2.05, 4.69) is 0 Å². The number of hydrogen-bond donors (Lipinski definition) is 0. The molecule has 0 aromatic heterocycles. The van der Waals surface area contributed by atoms with Gasteiger partial charge in [-0.3, -0.25) is 14.5 Å². The second-order valence-electron chi connectivity index (χ2n) is 4.69. The molecule has 1 aromatic carbocycles. The van der Waals surface area contributed by atoms with E-state index in [1.165, 1.54) is 6.07 Å². The number of anilines is 1. The lowest BCUT2D eigenvalue weighted by Crippen LogP contribution is -2.37. The molecule has 0 saturated carbocycles. The van der Waals surface area contributed by atoms with Gasteiger partial charge >= 0.3 is 0 Å². The maximum Gasteiger partial charge on any atom is 0.248 e. The number of halogens is 1. The Labute approximate surface area is 104 Å². The van der Waals surface area contributed by atoms with Crippen LogP contribution in [0.5, 0.6) is 0 Å². The molecule has 3 rings (SSSR count). The molecule has 1 aromatic rings. The summed E-state index contributed by atoms with van der Waals surface area (Å²) in [4.78, 5) is 26.7. The van der Waals surface area contributed by atoms with E-state index in [0.717, 1.165) is 0 Å². The summed E-state index contributed by atoms with van der Waals surface area (Å²) in [5.74, 6) is -0.463. The smallest absolute Gasteiger partial charge is 0.248 e. The predicted octanol–water partition coefficient (Wildman–Crippen LogP) is 1.43. The second kappa shape index (κ2) is 3.80. The molecule has 0 N–H and O–H groups in total. The van der Waals surface area contributed by atoms with E-state index in [0.29, 0.717) is 24.1 Å². The third-order valence-corrected chi connectivity index (χ3v) is 3.67. The normalized spacial score (nSPS) is 22.9. The summed E-state index contributed by atoms with van der Waals surface area (Å²) in [6, 6.07) is 4.68. The van der Waals surface area contributed by atoms with E-state index in [-0.39, 0.29) is 30.3 Å². The second-order valence-corrected chi connectivity index (χ2v) is 4.69. The van der Waals surface area contributed by atoms with Gasteiger partial charge in [-0.05, 0) is 25.5 Å². The Morgan fingerprint density at radius 3 is 2.83 bits per heavy atom. The van der Waals surface area contributed by atoms with Crippen LogP contribution in [-0.2, 0) is 9.59 Å². The van der Waals surface area contributed by atoms with E-state index in [4.69, 9.17) is 0 Å². The number of carbonyl (C=O) groups excluding carboxylic acids is 2. The third kappa shape index (κ3) is 1.43. The number of fused-ring (bicyclic) bond motifs is 1. The molecular formula is C13H13FN2O2. The minimum atomic E-state index is -0.330. The first-order valence-corrected chi connectivity index (χ1v) is 5.96. The molecule has 94 valence electrons. The van der Waals surface area contributed by atoms with E-state index < -0.39 is 0 Å². The van der Waals surface area contributed by atoms with Crippen molar-refractivity contribution in [2.75, 3.05) is 11.4 Å². The van der Waals surface area contributed by atoms with Crippen LogP contribution in [0.25, 0.3) is 0 Å². The minimum Gasteiger partial charge on any atom is -0.312 e. The van der Waals surface area contributed by atoms with Gasteiger partial charge in [0, 0.05) is 12.0 Å². The Hall–Kier alpha value is -1.91. The van der Waals surface area contributed by atoms with E-state index in [1.54, 1.807) is 28.9 Å². The van der Waals surface area contributed by atoms with Crippen LogP contribution in [-0.4, -0.2) is 29.4 Å². The highest BCUT2D eigenvalue weighted by Gasteiger charge is 2.45. The summed E-state index contributed by atoms with van der Waals surface area (Å²) in [6.45, 7) is 1.76. The van der Waals surface area contributed by atoms with Gasteiger partial charge in [-0.15, -0.1) is 0 Å². The first kappa shape index (κ1) is 11.2. The summed E-state index contributed by atoms with van der Waals surface area (Å²) in [7, 11) is 0. The van der Waals surface area contributed by atoms with Crippen molar-refractivity contribution >= 4 is 17.5 Å². The van der Waals surface area contributed by atoms with Gasteiger partial charge in [-0.25, -0.2) is 4.39 Å². The first-order chi connectivity index (χ1) is 8.59. The Kier molecular flexibility index (Phi) is 2.36. The lowest BCUT2D eigenvalue weighted by Gasteiger charge is -2.25. The Morgan fingerprint density at radius 1 is 1.28 bits per heavy atom. The maximum atomic E-state index is 13.6. The average molecular weight is 248 g/mol. The van der Waals surface area contributed by atoms with E-state index in [9.17, 15) is 14.0 Å². The van der Waals surface area contributed by atoms with Gasteiger partial charge in [0.05, 0.1) is 5.69 Å². The van der Waals surface area contributed by atoms with Crippen molar-refractivity contribution in [2.45, 2.75) is 25.9 Å².